The summed E-state index contributed by atoms with van der Waals surface area (Å²) < 4.78 is 22.2. The van der Waals surface area contributed by atoms with Crippen molar-refractivity contribution < 1.29 is 8.76 Å². The Bertz CT molecular complexity index is 504. The zero-order valence-corrected chi connectivity index (χ0v) is 11.1. The Hall–Kier alpha value is -0.840. The van der Waals surface area contributed by atoms with Gasteiger partial charge in [-0.25, -0.2) is 0 Å². The quantitative estimate of drug-likeness (QED) is 0.785. The van der Waals surface area contributed by atoms with Crippen LogP contribution in [0, 0.1) is 6.92 Å². The summed E-state index contributed by atoms with van der Waals surface area (Å²) in [6, 6.07) is 8.02. The van der Waals surface area contributed by atoms with E-state index in [1.165, 1.54) is 5.56 Å². The highest BCUT2D eigenvalue weighted by molar-refractivity contribution is 8.03. The van der Waals surface area contributed by atoms with Crippen LogP contribution >= 0.6 is 11.8 Å². The van der Waals surface area contributed by atoms with Crippen LogP contribution in [0.25, 0.3) is 0 Å². The average molecular weight is 265 g/mol. The summed E-state index contributed by atoms with van der Waals surface area (Å²) in [6.45, 7) is 2.04. The van der Waals surface area contributed by atoms with Crippen LogP contribution in [0.3, 0.4) is 0 Å². The number of thioether (sulfide) groups is 1. The van der Waals surface area contributed by atoms with Crippen molar-refractivity contribution in [3.63, 3.8) is 0 Å². The van der Waals surface area contributed by atoms with Gasteiger partial charge in [-0.15, -0.1) is 0 Å². The van der Waals surface area contributed by atoms with Crippen LogP contribution in [0.5, 0.6) is 0 Å². The number of rotatable bonds is 3. The largest absolute Gasteiger partial charge is 0.768 e. The molecule has 1 unspecified atom stereocenters. The maximum atomic E-state index is 11.1. The highest BCUT2D eigenvalue weighted by Crippen LogP contribution is 2.37. The third-order valence-corrected chi connectivity index (χ3v) is 4.81. The minimum atomic E-state index is -2.14. The summed E-state index contributed by atoms with van der Waals surface area (Å²) in [6.07, 6.45) is 5.33. The van der Waals surface area contributed by atoms with E-state index in [-0.39, 0.29) is 0 Å². The number of allylic oxidation sites excluding steroid dienone is 3. The maximum Gasteiger partial charge on any atom is 0.0344 e. The molecule has 0 fully saturated rings. The number of hydrogen-bond acceptors (Lipinski definition) is 3. The Labute approximate surface area is 108 Å². The van der Waals surface area contributed by atoms with Gasteiger partial charge in [-0.2, -0.15) is 0 Å². The molecule has 4 heteroatoms. The lowest BCUT2D eigenvalue weighted by Crippen LogP contribution is -1.98. The predicted molar refractivity (Wildman–Crippen MR) is 71.4 cm³/mol. The van der Waals surface area contributed by atoms with E-state index in [0.29, 0.717) is 4.91 Å². The number of hydrogen-bond donors (Lipinski definition) is 0. The molecule has 0 saturated carbocycles. The van der Waals surface area contributed by atoms with Crippen molar-refractivity contribution >= 4 is 22.8 Å². The predicted octanol–water partition coefficient (Wildman–Crippen LogP) is 3.53. The normalized spacial score (nSPS) is 17.3. The Morgan fingerprint density at radius 2 is 2.12 bits per heavy atom. The van der Waals surface area contributed by atoms with Crippen molar-refractivity contribution in [2.45, 2.75) is 24.7 Å². The molecule has 2 nitrogen and oxygen atoms in total. The summed E-state index contributed by atoms with van der Waals surface area (Å²) >= 11 is -0.577. The Morgan fingerprint density at radius 1 is 1.35 bits per heavy atom. The molecule has 1 atom stereocenters. The molecule has 2 rings (SSSR count). The second kappa shape index (κ2) is 5.67. The fourth-order valence-electron chi connectivity index (χ4n) is 1.67. The summed E-state index contributed by atoms with van der Waals surface area (Å²) in [5.74, 6) is 0. The van der Waals surface area contributed by atoms with Crippen LogP contribution in [0.1, 0.15) is 18.4 Å². The number of aryl methyl sites for hydroxylation is 1. The van der Waals surface area contributed by atoms with E-state index in [2.05, 4.69) is 0 Å². The van der Waals surface area contributed by atoms with Crippen molar-refractivity contribution in [3.8, 4) is 0 Å². The molecule has 0 aromatic heterocycles. The van der Waals surface area contributed by atoms with Crippen LogP contribution in [-0.2, 0) is 11.1 Å². The smallest absolute Gasteiger partial charge is 0.0344 e. The summed E-state index contributed by atoms with van der Waals surface area (Å²) in [5, 5.41) is 0. The van der Waals surface area contributed by atoms with Crippen molar-refractivity contribution in [1.29, 1.82) is 0 Å². The fourth-order valence-corrected chi connectivity index (χ4v) is 3.53. The first-order valence-corrected chi connectivity index (χ1v) is 7.30. The zero-order chi connectivity index (χ0) is 12.3. The average Bonchev–Trinajstić information content (AvgIpc) is 2.32. The SMILES string of the molecule is Cc1ccccc1SC1=C(S(=O)[O-])C=CCC1. The lowest BCUT2D eigenvalue weighted by Gasteiger charge is -2.18. The molecule has 1 aliphatic rings. The molecule has 0 aliphatic heterocycles. The summed E-state index contributed by atoms with van der Waals surface area (Å²) in [4.78, 5) is 2.50. The van der Waals surface area contributed by atoms with Crippen LogP contribution in [-0.4, -0.2) is 8.76 Å². The first-order chi connectivity index (χ1) is 8.18. The monoisotopic (exact) mass is 265 g/mol. The van der Waals surface area contributed by atoms with Gasteiger partial charge in [0.25, 0.3) is 0 Å². The van der Waals surface area contributed by atoms with Gasteiger partial charge in [-0.05, 0) is 42.5 Å². The van der Waals surface area contributed by atoms with Crippen LogP contribution in [0.2, 0.25) is 0 Å². The summed E-state index contributed by atoms with van der Waals surface area (Å²) in [7, 11) is 0. The van der Waals surface area contributed by atoms with Crippen molar-refractivity contribution in [2.24, 2.45) is 0 Å². The highest BCUT2D eigenvalue weighted by atomic mass is 32.2. The van der Waals surface area contributed by atoms with Crippen molar-refractivity contribution in [1.82, 2.24) is 0 Å². The molecule has 90 valence electrons. The molecule has 0 spiro atoms. The first-order valence-electron chi connectivity index (χ1n) is 5.41. The van der Waals surface area contributed by atoms with Crippen molar-refractivity contribution in [2.75, 3.05) is 0 Å². The topological polar surface area (TPSA) is 40.1 Å². The molecule has 1 aromatic carbocycles. The highest BCUT2D eigenvalue weighted by Gasteiger charge is 2.11. The van der Waals surface area contributed by atoms with E-state index in [4.69, 9.17) is 0 Å². The van der Waals surface area contributed by atoms with Crippen LogP contribution < -0.4 is 0 Å². The van der Waals surface area contributed by atoms with Gasteiger partial charge in [-0.3, -0.25) is 4.21 Å². The Kier molecular flexibility index (Phi) is 4.20. The molecule has 0 saturated heterocycles. The molecule has 0 amide bonds. The van der Waals surface area contributed by atoms with Gasteiger partial charge in [0.05, 0.1) is 0 Å². The van der Waals surface area contributed by atoms with E-state index in [1.54, 1.807) is 17.8 Å². The van der Waals surface area contributed by atoms with Crippen LogP contribution in [0.15, 0.2) is 51.1 Å². The molecule has 0 heterocycles. The Balaban J connectivity index is 2.31. The van der Waals surface area contributed by atoms with Gasteiger partial charge >= 0.3 is 0 Å². The number of benzene rings is 1. The van der Waals surface area contributed by atoms with E-state index in [0.717, 1.165) is 22.6 Å². The van der Waals surface area contributed by atoms with E-state index < -0.39 is 11.1 Å². The molecule has 1 aromatic rings. The maximum absolute atomic E-state index is 11.1. The van der Waals surface area contributed by atoms with Crippen molar-refractivity contribution in [3.05, 3.63) is 51.8 Å². The second-order valence-electron chi connectivity index (χ2n) is 3.83. The summed E-state index contributed by atoms with van der Waals surface area (Å²) in [5.41, 5.74) is 1.18. The molecular weight excluding hydrogens is 252 g/mol. The molecule has 0 N–H and O–H groups in total. The third-order valence-electron chi connectivity index (χ3n) is 2.59. The molecule has 0 radical (unpaired) electrons. The molecular formula is C13H13O2S2-. The van der Waals surface area contributed by atoms with Gasteiger partial charge in [0.15, 0.2) is 0 Å². The minimum Gasteiger partial charge on any atom is -0.768 e. The molecule has 17 heavy (non-hydrogen) atoms. The van der Waals surface area contributed by atoms with Gasteiger partial charge in [0, 0.05) is 14.7 Å². The third kappa shape index (κ3) is 3.09. The molecule has 1 aliphatic carbocycles. The lowest BCUT2D eigenvalue weighted by molar-refractivity contribution is 0.544. The first kappa shape index (κ1) is 12.6. The molecule has 0 bridgehead atoms. The fraction of sp³-hybridized carbons (Fsp3) is 0.231. The standard InChI is InChI=1S/C13H14O2S2/c1-10-6-2-3-7-11(10)16-12-8-4-5-9-13(12)17(14)15/h2-3,5-7,9H,4,8H2,1H3,(H,14,15)/p-1. The van der Waals surface area contributed by atoms with Gasteiger partial charge in [0.2, 0.25) is 0 Å². The zero-order valence-electron chi connectivity index (χ0n) is 9.51. The van der Waals surface area contributed by atoms with Crippen LogP contribution in [0.4, 0.5) is 0 Å². The van der Waals surface area contributed by atoms with E-state index in [1.807, 2.05) is 37.3 Å². The van der Waals surface area contributed by atoms with E-state index in [9.17, 15) is 8.76 Å². The minimum absolute atomic E-state index is 0.435. The van der Waals surface area contributed by atoms with Gasteiger partial charge in [-0.1, -0.05) is 42.1 Å². The van der Waals surface area contributed by atoms with Gasteiger partial charge < -0.3 is 4.55 Å². The van der Waals surface area contributed by atoms with Gasteiger partial charge in [0.1, 0.15) is 0 Å². The lowest BCUT2D eigenvalue weighted by atomic mass is 10.2. The van der Waals surface area contributed by atoms with E-state index >= 15 is 0 Å². The Morgan fingerprint density at radius 3 is 2.82 bits per heavy atom. The second-order valence-corrected chi connectivity index (χ2v) is 5.88.